The molecule has 2 aromatic rings. The molecule has 1 aliphatic rings. The summed E-state index contributed by atoms with van der Waals surface area (Å²) in [5.74, 6) is 0.875. The molecule has 2 aromatic heterocycles. The van der Waals surface area contributed by atoms with Gasteiger partial charge in [-0.25, -0.2) is 0 Å². The maximum absolute atomic E-state index is 4.16. The van der Waals surface area contributed by atoms with Crippen molar-refractivity contribution in [1.82, 2.24) is 25.0 Å². The Labute approximate surface area is 106 Å². The minimum atomic E-state index is 0.415. The van der Waals surface area contributed by atoms with Gasteiger partial charge in [0.2, 0.25) is 0 Å². The Kier molecular flexibility index (Phi) is 2.65. The summed E-state index contributed by atoms with van der Waals surface area (Å²) in [7, 11) is 0. The Hall–Kier alpha value is -1.72. The van der Waals surface area contributed by atoms with E-state index in [1.165, 1.54) is 25.7 Å². The van der Waals surface area contributed by atoms with E-state index < -0.39 is 0 Å². The maximum atomic E-state index is 4.16. The molecule has 1 atom stereocenters. The zero-order chi connectivity index (χ0) is 12.6. The molecule has 96 valence electrons. The van der Waals surface area contributed by atoms with Crippen LogP contribution in [0.15, 0.2) is 12.4 Å². The van der Waals surface area contributed by atoms with Gasteiger partial charge in [0.15, 0.2) is 11.5 Å². The fraction of sp³-hybridized carbons (Fsp3) is 0.667. The van der Waals surface area contributed by atoms with Crippen LogP contribution in [0, 0.1) is 5.41 Å². The molecule has 0 amide bonds. The van der Waals surface area contributed by atoms with Crippen LogP contribution < -0.4 is 5.32 Å². The lowest BCUT2D eigenvalue weighted by Crippen LogP contribution is -2.32. The fourth-order valence-corrected chi connectivity index (χ4v) is 2.80. The first-order valence-electron chi connectivity index (χ1n) is 6.43. The molecule has 1 unspecified atom stereocenters. The van der Waals surface area contributed by atoms with Crippen LogP contribution in [-0.2, 0) is 0 Å². The molecule has 1 fully saturated rings. The summed E-state index contributed by atoms with van der Waals surface area (Å²) in [6, 6.07) is 0.477. The van der Waals surface area contributed by atoms with E-state index in [0.29, 0.717) is 17.1 Å². The molecule has 1 saturated carbocycles. The van der Waals surface area contributed by atoms with Crippen LogP contribution in [0.3, 0.4) is 0 Å². The first kappa shape index (κ1) is 11.4. The lowest BCUT2D eigenvalue weighted by molar-refractivity contribution is 0.229. The van der Waals surface area contributed by atoms with E-state index in [1.807, 2.05) is 0 Å². The van der Waals surface area contributed by atoms with Crippen molar-refractivity contribution in [3.8, 4) is 0 Å². The van der Waals surface area contributed by atoms with Crippen LogP contribution >= 0.6 is 0 Å². The zero-order valence-electron chi connectivity index (χ0n) is 10.8. The van der Waals surface area contributed by atoms with Gasteiger partial charge in [0.1, 0.15) is 0 Å². The molecule has 0 aliphatic heterocycles. The van der Waals surface area contributed by atoms with Gasteiger partial charge in [-0.2, -0.15) is 4.52 Å². The number of fused-ring (bicyclic) bond motifs is 1. The monoisotopic (exact) mass is 246 g/mol. The molecule has 2 heterocycles. The fourth-order valence-electron chi connectivity index (χ4n) is 2.80. The van der Waals surface area contributed by atoms with Gasteiger partial charge in [0.25, 0.3) is 0 Å². The normalized spacial score (nSPS) is 23.1. The lowest BCUT2D eigenvalue weighted by Gasteiger charge is -2.35. The molecule has 0 saturated heterocycles. The van der Waals surface area contributed by atoms with Crippen molar-refractivity contribution in [1.29, 1.82) is 0 Å². The van der Waals surface area contributed by atoms with Crippen molar-refractivity contribution in [2.75, 3.05) is 5.32 Å². The summed E-state index contributed by atoms with van der Waals surface area (Å²) in [6.45, 7) is 4.66. The Morgan fingerprint density at radius 2 is 2.28 bits per heavy atom. The van der Waals surface area contributed by atoms with Crippen molar-refractivity contribution in [2.45, 2.75) is 45.6 Å². The summed E-state index contributed by atoms with van der Waals surface area (Å²) in [5.41, 5.74) is 1.09. The second-order valence-electron chi connectivity index (χ2n) is 5.84. The van der Waals surface area contributed by atoms with E-state index in [0.717, 1.165) is 5.82 Å². The highest BCUT2D eigenvalue weighted by molar-refractivity contribution is 5.44. The summed E-state index contributed by atoms with van der Waals surface area (Å²) < 4.78 is 1.70. The van der Waals surface area contributed by atoms with Crippen molar-refractivity contribution in [3.63, 3.8) is 0 Å². The quantitative estimate of drug-likeness (QED) is 0.876. The van der Waals surface area contributed by atoms with Crippen molar-refractivity contribution in [3.05, 3.63) is 12.4 Å². The second-order valence-corrected chi connectivity index (χ2v) is 5.84. The predicted octanol–water partition coefficient (Wildman–Crippen LogP) is 1.90. The highest BCUT2D eigenvalue weighted by Crippen LogP contribution is 2.36. The average molecular weight is 246 g/mol. The largest absolute Gasteiger partial charge is 0.366 e. The van der Waals surface area contributed by atoms with Gasteiger partial charge in [-0.05, 0) is 35.1 Å². The van der Waals surface area contributed by atoms with E-state index in [2.05, 4.69) is 39.7 Å². The van der Waals surface area contributed by atoms with E-state index in [-0.39, 0.29) is 0 Å². The number of hydrogen-bond acceptors (Lipinski definition) is 5. The number of tetrazole rings is 1. The van der Waals surface area contributed by atoms with Gasteiger partial charge in [0, 0.05) is 6.04 Å². The van der Waals surface area contributed by atoms with E-state index in [1.54, 1.807) is 16.9 Å². The third-order valence-corrected chi connectivity index (χ3v) is 3.67. The van der Waals surface area contributed by atoms with Crippen molar-refractivity contribution in [2.24, 2.45) is 5.41 Å². The maximum Gasteiger partial charge on any atom is 0.199 e. The molecule has 6 nitrogen and oxygen atoms in total. The van der Waals surface area contributed by atoms with Gasteiger partial charge in [0.05, 0.1) is 12.4 Å². The molecule has 1 aliphatic carbocycles. The van der Waals surface area contributed by atoms with E-state index in [9.17, 15) is 0 Å². The van der Waals surface area contributed by atoms with Gasteiger partial charge in [-0.3, -0.25) is 4.98 Å². The van der Waals surface area contributed by atoms with Crippen LogP contribution in [0.2, 0.25) is 0 Å². The molecule has 18 heavy (non-hydrogen) atoms. The summed E-state index contributed by atoms with van der Waals surface area (Å²) in [6.07, 6.45) is 8.39. The molecule has 1 N–H and O–H groups in total. The molecular weight excluding hydrogens is 228 g/mol. The SMILES string of the molecule is CC1(C)CCCC(Nc2cncc3nnnn23)C1. The van der Waals surface area contributed by atoms with Crippen LogP contribution in [0.4, 0.5) is 5.82 Å². The molecular formula is C12H18N6. The van der Waals surface area contributed by atoms with Crippen LogP contribution in [-0.4, -0.2) is 31.1 Å². The first-order chi connectivity index (χ1) is 8.64. The summed E-state index contributed by atoms with van der Waals surface area (Å²) in [5, 5.41) is 15.1. The highest BCUT2D eigenvalue weighted by atomic mass is 15.5. The van der Waals surface area contributed by atoms with Gasteiger partial charge in [-0.15, -0.1) is 5.10 Å². The number of aromatic nitrogens is 5. The first-order valence-corrected chi connectivity index (χ1v) is 6.43. The van der Waals surface area contributed by atoms with E-state index >= 15 is 0 Å². The van der Waals surface area contributed by atoms with Crippen LogP contribution in [0.25, 0.3) is 5.65 Å². The number of rotatable bonds is 2. The van der Waals surface area contributed by atoms with Crippen molar-refractivity contribution >= 4 is 11.5 Å². The average Bonchev–Trinajstić information content (AvgIpc) is 2.77. The number of nitrogens with zero attached hydrogens (tertiary/aromatic N) is 5. The second kappa shape index (κ2) is 4.19. The Morgan fingerprint density at radius 1 is 1.39 bits per heavy atom. The predicted molar refractivity (Wildman–Crippen MR) is 68.2 cm³/mol. The Bertz CT molecular complexity index is 546. The molecule has 0 spiro atoms. The number of hydrogen-bond donors (Lipinski definition) is 1. The van der Waals surface area contributed by atoms with Gasteiger partial charge < -0.3 is 5.32 Å². The standard InChI is InChI=1S/C12H18N6/c1-12(2)5-3-4-9(6-12)14-10-7-13-8-11-15-16-17-18(10)11/h7-9,14H,3-6H2,1-2H3. The van der Waals surface area contributed by atoms with Crippen LogP contribution in [0.5, 0.6) is 0 Å². The highest BCUT2D eigenvalue weighted by Gasteiger charge is 2.28. The zero-order valence-corrected chi connectivity index (χ0v) is 10.8. The molecule has 3 rings (SSSR count). The van der Waals surface area contributed by atoms with Crippen LogP contribution in [0.1, 0.15) is 39.5 Å². The van der Waals surface area contributed by atoms with Crippen molar-refractivity contribution < 1.29 is 0 Å². The lowest BCUT2D eigenvalue weighted by atomic mass is 9.75. The number of anilines is 1. The third-order valence-electron chi connectivity index (χ3n) is 3.67. The molecule has 0 aromatic carbocycles. The molecule has 6 heteroatoms. The van der Waals surface area contributed by atoms with E-state index in [4.69, 9.17) is 0 Å². The smallest absolute Gasteiger partial charge is 0.199 e. The van der Waals surface area contributed by atoms with Gasteiger partial charge >= 0.3 is 0 Å². The third kappa shape index (κ3) is 2.14. The Morgan fingerprint density at radius 3 is 3.11 bits per heavy atom. The summed E-state index contributed by atoms with van der Waals surface area (Å²) in [4.78, 5) is 4.16. The minimum Gasteiger partial charge on any atom is -0.366 e. The minimum absolute atomic E-state index is 0.415. The van der Waals surface area contributed by atoms with Gasteiger partial charge in [-0.1, -0.05) is 20.3 Å². The summed E-state index contributed by atoms with van der Waals surface area (Å²) >= 11 is 0. The number of nitrogens with one attached hydrogen (secondary N) is 1. The molecule has 0 bridgehead atoms. The Balaban J connectivity index is 1.82. The topological polar surface area (TPSA) is 68.0 Å². The molecule has 0 radical (unpaired) electrons.